The van der Waals surface area contributed by atoms with E-state index in [9.17, 15) is 4.79 Å². The van der Waals surface area contributed by atoms with Crippen molar-refractivity contribution in [3.05, 3.63) is 84.2 Å². The number of para-hydroxylation sites is 1. The van der Waals surface area contributed by atoms with Gasteiger partial charge >= 0.3 is 0 Å². The fourth-order valence-corrected chi connectivity index (χ4v) is 3.42. The fraction of sp³-hybridized carbons (Fsp3) is 0.217. The van der Waals surface area contributed by atoms with Crippen LogP contribution < -0.4 is 10.1 Å². The van der Waals surface area contributed by atoms with Crippen molar-refractivity contribution >= 4 is 5.91 Å². The van der Waals surface area contributed by atoms with E-state index in [0.717, 1.165) is 29.7 Å². The van der Waals surface area contributed by atoms with E-state index < -0.39 is 0 Å². The first kappa shape index (κ1) is 17.3. The van der Waals surface area contributed by atoms with Crippen molar-refractivity contribution in [2.75, 3.05) is 6.54 Å². The molecule has 1 N–H and O–H groups in total. The molecular weight excluding hydrogens is 336 g/mol. The molecule has 1 atom stereocenters. The molecule has 1 unspecified atom stereocenters. The fourth-order valence-electron chi connectivity index (χ4n) is 3.42. The molecule has 0 saturated heterocycles. The van der Waals surface area contributed by atoms with Crippen LogP contribution in [0.4, 0.5) is 0 Å². The van der Waals surface area contributed by atoms with Gasteiger partial charge in [-0.3, -0.25) is 9.78 Å². The highest BCUT2D eigenvalue weighted by atomic mass is 16.5. The van der Waals surface area contributed by atoms with E-state index >= 15 is 0 Å². The van der Waals surface area contributed by atoms with Crippen molar-refractivity contribution in [2.24, 2.45) is 0 Å². The van der Waals surface area contributed by atoms with Gasteiger partial charge in [0.25, 0.3) is 0 Å². The van der Waals surface area contributed by atoms with Gasteiger partial charge in [0.2, 0.25) is 5.91 Å². The Kier molecular flexibility index (Phi) is 5.15. The van der Waals surface area contributed by atoms with Gasteiger partial charge < -0.3 is 10.1 Å². The smallest absolute Gasteiger partial charge is 0.220 e. The molecule has 27 heavy (non-hydrogen) atoms. The van der Waals surface area contributed by atoms with Crippen LogP contribution in [0.15, 0.2) is 73.1 Å². The van der Waals surface area contributed by atoms with E-state index in [1.807, 2.05) is 54.7 Å². The highest BCUT2D eigenvalue weighted by molar-refractivity contribution is 5.76. The average molecular weight is 358 g/mol. The van der Waals surface area contributed by atoms with E-state index in [1.165, 1.54) is 11.1 Å². The number of benzene rings is 2. The van der Waals surface area contributed by atoms with Gasteiger partial charge in [-0.25, -0.2) is 0 Å². The minimum atomic E-state index is -0.0292. The van der Waals surface area contributed by atoms with Crippen molar-refractivity contribution in [3.63, 3.8) is 0 Å². The first-order chi connectivity index (χ1) is 13.3. The summed E-state index contributed by atoms with van der Waals surface area (Å²) in [6.07, 6.45) is 5.63. The highest BCUT2D eigenvalue weighted by Gasteiger charge is 2.26. The lowest BCUT2D eigenvalue weighted by Crippen LogP contribution is -2.34. The molecule has 4 rings (SSSR count). The lowest BCUT2D eigenvalue weighted by atomic mass is 10.0. The van der Waals surface area contributed by atoms with Crippen LogP contribution in [0, 0.1) is 0 Å². The van der Waals surface area contributed by atoms with E-state index in [1.54, 1.807) is 6.20 Å². The summed E-state index contributed by atoms with van der Waals surface area (Å²) in [7, 11) is 0. The molecule has 0 fully saturated rings. The molecule has 0 aliphatic carbocycles. The lowest BCUT2D eigenvalue weighted by molar-refractivity contribution is -0.121. The maximum Gasteiger partial charge on any atom is 0.220 e. The summed E-state index contributed by atoms with van der Waals surface area (Å²) in [6, 6.07) is 20.2. The van der Waals surface area contributed by atoms with Crippen LogP contribution in [-0.4, -0.2) is 23.5 Å². The van der Waals surface area contributed by atoms with E-state index in [2.05, 4.69) is 22.4 Å². The molecule has 1 aliphatic rings. The number of nitrogens with zero attached hydrogens (tertiary/aromatic N) is 1. The second-order valence-electron chi connectivity index (χ2n) is 6.77. The Labute approximate surface area is 159 Å². The maximum atomic E-state index is 12.2. The zero-order chi connectivity index (χ0) is 18.5. The van der Waals surface area contributed by atoms with E-state index in [-0.39, 0.29) is 12.0 Å². The SMILES string of the molecule is O=C(CCc1ccccc1)NCC1Cc2cccc(-c3cccnc3)c2O1. The van der Waals surface area contributed by atoms with Crippen LogP contribution in [0.2, 0.25) is 0 Å². The molecule has 4 heteroatoms. The number of aryl methyl sites for hydroxylation is 1. The quantitative estimate of drug-likeness (QED) is 0.729. The highest BCUT2D eigenvalue weighted by Crippen LogP contribution is 2.38. The second-order valence-corrected chi connectivity index (χ2v) is 6.77. The third-order valence-electron chi connectivity index (χ3n) is 4.81. The predicted octanol–water partition coefficient (Wildman–Crippen LogP) is 3.80. The number of amides is 1. The average Bonchev–Trinajstić information content (AvgIpc) is 3.15. The summed E-state index contributed by atoms with van der Waals surface area (Å²) in [4.78, 5) is 16.4. The van der Waals surface area contributed by atoms with Crippen molar-refractivity contribution in [1.29, 1.82) is 0 Å². The van der Waals surface area contributed by atoms with Crippen LogP contribution in [0.25, 0.3) is 11.1 Å². The van der Waals surface area contributed by atoms with Gasteiger partial charge in [0.15, 0.2) is 0 Å². The number of fused-ring (bicyclic) bond motifs is 1. The van der Waals surface area contributed by atoms with Crippen LogP contribution >= 0.6 is 0 Å². The number of carbonyl (C=O) groups is 1. The number of hydrogen-bond donors (Lipinski definition) is 1. The predicted molar refractivity (Wildman–Crippen MR) is 106 cm³/mol. The summed E-state index contributed by atoms with van der Waals surface area (Å²) < 4.78 is 6.16. The normalized spacial score (nSPS) is 15.0. The standard InChI is InChI=1S/C23H22N2O2/c26-22(12-11-17-6-2-1-3-7-17)25-16-20-14-18-8-4-10-21(23(18)27-20)19-9-5-13-24-15-19/h1-10,13,15,20H,11-12,14,16H2,(H,25,26). The molecule has 136 valence electrons. The van der Waals surface area contributed by atoms with Gasteiger partial charge in [-0.05, 0) is 23.6 Å². The molecule has 0 radical (unpaired) electrons. The van der Waals surface area contributed by atoms with Gasteiger partial charge in [0, 0.05) is 36.4 Å². The largest absolute Gasteiger partial charge is 0.487 e. The van der Waals surface area contributed by atoms with Gasteiger partial charge in [0.05, 0.1) is 6.54 Å². The zero-order valence-corrected chi connectivity index (χ0v) is 15.1. The minimum Gasteiger partial charge on any atom is -0.487 e. The van der Waals surface area contributed by atoms with E-state index in [0.29, 0.717) is 13.0 Å². The molecule has 0 bridgehead atoms. The molecule has 0 spiro atoms. The first-order valence-electron chi connectivity index (χ1n) is 9.29. The second kappa shape index (κ2) is 8.04. The van der Waals surface area contributed by atoms with Crippen molar-refractivity contribution in [1.82, 2.24) is 10.3 Å². The van der Waals surface area contributed by atoms with Crippen molar-refractivity contribution in [2.45, 2.75) is 25.4 Å². The minimum absolute atomic E-state index is 0.0292. The third-order valence-corrected chi connectivity index (χ3v) is 4.81. The van der Waals surface area contributed by atoms with Crippen LogP contribution in [0.1, 0.15) is 17.5 Å². The number of pyridine rings is 1. The number of carbonyl (C=O) groups excluding carboxylic acids is 1. The van der Waals surface area contributed by atoms with Crippen molar-refractivity contribution < 1.29 is 9.53 Å². The Balaban J connectivity index is 1.33. The zero-order valence-electron chi connectivity index (χ0n) is 15.1. The monoisotopic (exact) mass is 358 g/mol. The molecule has 2 aromatic carbocycles. The Hall–Kier alpha value is -3.14. The Bertz CT molecular complexity index is 910. The van der Waals surface area contributed by atoms with Gasteiger partial charge in [-0.1, -0.05) is 54.6 Å². The number of nitrogens with one attached hydrogen (secondary N) is 1. The van der Waals surface area contributed by atoms with Crippen molar-refractivity contribution in [3.8, 4) is 16.9 Å². The summed E-state index contributed by atoms with van der Waals surface area (Å²) in [6.45, 7) is 0.523. The molecule has 1 aromatic heterocycles. The Morgan fingerprint density at radius 3 is 2.78 bits per heavy atom. The number of aromatic nitrogens is 1. The molecule has 3 aromatic rings. The summed E-state index contributed by atoms with van der Waals surface area (Å²) in [5.74, 6) is 0.972. The topological polar surface area (TPSA) is 51.2 Å². The first-order valence-corrected chi connectivity index (χ1v) is 9.29. The Morgan fingerprint density at radius 1 is 1.07 bits per heavy atom. The number of ether oxygens (including phenoxy) is 1. The summed E-state index contributed by atoms with van der Waals surface area (Å²) >= 11 is 0. The third kappa shape index (κ3) is 4.17. The lowest BCUT2D eigenvalue weighted by Gasteiger charge is -2.13. The maximum absolute atomic E-state index is 12.2. The van der Waals surface area contributed by atoms with E-state index in [4.69, 9.17) is 4.74 Å². The number of rotatable bonds is 6. The molecule has 0 saturated carbocycles. The molecule has 4 nitrogen and oxygen atoms in total. The summed E-state index contributed by atoms with van der Waals surface area (Å²) in [5.41, 5.74) is 4.46. The Morgan fingerprint density at radius 2 is 1.96 bits per heavy atom. The van der Waals surface area contributed by atoms with Gasteiger partial charge in [-0.2, -0.15) is 0 Å². The summed E-state index contributed by atoms with van der Waals surface area (Å²) in [5, 5.41) is 3.01. The molecule has 2 heterocycles. The van der Waals surface area contributed by atoms with Crippen LogP contribution in [-0.2, 0) is 17.6 Å². The number of hydrogen-bond acceptors (Lipinski definition) is 3. The molecule has 1 amide bonds. The van der Waals surface area contributed by atoms with Crippen LogP contribution in [0.3, 0.4) is 0 Å². The molecular formula is C23H22N2O2. The van der Waals surface area contributed by atoms with Gasteiger partial charge in [-0.15, -0.1) is 0 Å². The van der Waals surface area contributed by atoms with Crippen LogP contribution in [0.5, 0.6) is 5.75 Å². The molecule has 1 aliphatic heterocycles. The van der Waals surface area contributed by atoms with Gasteiger partial charge in [0.1, 0.15) is 11.9 Å².